The van der Waals surface area contributed by atoms with Crippen molar-refractivity contribution in [1.29, 1.82) is 0 Å². The molecule has 8 heteroatoms. The van der Waals surface area contributed by atoms with Gasteiger partial charge in [0, 0.05) is 0 Å². The molecule has 0 aromatic carbocycles. The first-order valence-corrected chi connectivity index (χ1v) is 13.2. The molecule has 0 saturated carbocycles. The lowest BCUT2D eigenvalue weighted by atomic mass is 10.0. The van der Waals surface area contributed by atoms with Crippen LogP contribution in [0.1, 0.15) is 97.3 Å². The lowest BCUT2D eigenvalue weighted by molar-refractivity contribution is 0.148. The van der Waals surface area contributed by atoms with Crippen molar-refractivity contribution >= 4 is 17.8 Å². The fourth-order valence-electron chi connectivity index (χ4n) is 2.81. The molecule has 0 fully saturated rings. The summed E-state index contributed by atoms with van der Waals surface area (Å²) in [6.45, 7) is 4.33. The third-order valence-electron chi connectivity index (χ3n) is 4.08. The standard InChI is InChI=1S/C17H38NO5PS/c1-4-6-8-10-12-14-16-17(15-13-11-9-7-5-2)23-24(19,20)18-25(3,21)22/h17H,4-16H2,1-3H3,(H2,18,19,20). The molecule has 0 saturated heterocycles. The van der Waals surface area contributed by atoms with Crippen molar-refractivity contribution in [3.05, 3.63) is 0 Å². The predicted molar refractivity (Wildman–Crippen MR) is 104 cm³/mol. The first-order valence-electron chi connectivity index (χ1n) is 9.70. The highest BCUT2D eigenvalue weighted by atomic mass is 32.2. The summed E-state index contributed by atoms with van der Waals surface area (Å²) in [6.07, 6.45) is 14.2. The fraction of sp³-hybridized carbons (Fsp3) is 1.00. The van der Waals surface area contributed by atoms with Crippen LogP contribution < -0.4 is 4.49 Å². The second-order valence-electron chi connectivity index (χ2n) is 6.87. The minimum absolute atomic E-state index is 0.377. The van der Waals surface area contributed by atoms with Crippen molar-refractivity contribution in [3.8, 4) is 0 Å². The molecular formula is C17H38NO5PS. The Morgan fingerprint density at radius 1 is 0.880 bits per heavy atom. The highest BCUT2D eigenvalue weighted by Gasteiger charge is 2.28. The first kappa shape index (κ1) is 25.1. The van der Waals surface area contributed by atoms with Gasteiger partial charge in [0.05, 0.1) is 12.4 Å². The molecule has 2 N–H and O–H groups in total. The maximum absolute atomic E-state index is 12.0. The van der Waals surface area contributed by atoms with Gasteiger partial charge < -0.3 is 4.89 Å². The Hall–Kier alpha value is 0.0600. The summed E-state index contributed by atoms with van der Waals surface area (Å²) in [7, 11) is -8.12. The molecule has 2 atom stereocenters. The average Bonchev–Trinajstić information content (AvgIpc) is 2.47. The highest BCUT2D eigenvalue weighted by molar-refractivity contribution is 7.94. The van der Waals surface area contributed by atoms with Crippen LogP contribution in [-0.4, -0.2) is 25.7 Å². The van der Waals surface area contributed by atoms with E-state index in [0.29, 0.717) is 12.8 Å². The molecule has 0 spiro atoms. The van der Waals surface area contributed by atoms with Crippen LogP contribution in [0.3, 0.4) is 0 Å². The smallest absolute Gasteiger partial charge is 0.312 e. The van der Waals surface area contributed by atoms with Gasteiger partial charge in [-0.1, -0.05) is 84.5 Å². The van der Waals surface area contributed by atoms with Gasteiger partial charge in [0.1, 0.15) is 0 Å². The van der Waals surface area contributed by atoms with E-state index in [1.807, 2.05) is 0 Å². The molecule has 0 heterocycles. The lowest BCUT2D eigenvalue weighted by Gasteiger charge is -2.21. The van der Waals surface area contributed by atoms with Crippen LogP contribution in [0, 0.1) is 0 Å². The van der Waals surface area contributed by atoms with Gasteiger partial charge in [-0.25, -0.2) is 13.0 Å². The third kappa shape index (κ3) is 17.2. The van der Waals surface area contributed by atoms with Gasteiger partial charge in [0.2, 0.25) is 10.0 Å². The molecule has 0 aliphatic rings. The molecule has 6 nitrogen and oxygen atoms in total. The monoisotopic (exact) mass is 399 g/mol. The van der Waals surface area contributed by atoms with E-state index in [4.69, 9.17) is 4.52 Å². The normalized spacial score (nSPS) is 15.8. The number of rotatable bonds is 17. The molecular weight excluding hydrogens is 361 g/mol. The van der Waals surface area contributed by atoms with E-state index in [-0.39, 0.29) is 6.10 Å². The number of unbranched alkanes of at least 4 members (excludes halogenated alkanes) is 9. The van der Waals surface area contributed by atoms with Gasteiger partial charge in [0.25, 0.3) is 0 Å². The number of hydrogen-bond acceptors (Lipinski definition) is 4. The van der Waals surface area contributed by atoms with Gasteiger partial charge in [-0.3, -0.25) is 4.52 Å². The predicted octanol–water partition coefficient (Wildman–Crippen LogP) is 5.13. The number of sulfonamides is 1. The second kappa shape index (κ2) is 14.2. The molecule has 0 amide bonds. The van der Waals surface area contributed by atoms with Crippen LogP contribution >= 0.6 is 7.75 Å². The molecule has 0 aromatic heterocycles. The second-order valence-corrected chi connectivity index (χ2v) is 10.4. The van der Waals surface area contributed by atoms with E-state index in [0.717, 1.165) is 44.8 Å². The summed E-state index contributed by atoms with van der Waals surface area (Å²) in [5.74, 6) is 0. The quantitative estimate of drug-likeness (QED) is 0.261. The molecule has 0 rings (SSSR count). The molecule has 0 aromatic rings. The van der Waals surface area contributed by atoms with Crippen molar-refractivity contribution in [2.75, 3.05) is 6.26 Å². The van der Waals surface area contributed by atoms with Crippen LogP contribution in [0.25, 0.3) is 0 Å². The SMILES string of the molecule is CCCCCCCCC(CCCCCCC)OP(=O)(O)NS(C)(=O)=O. The van der Waals surface area contributed by atoms with Gasteiger partial charge in [-0.15, -0.1) is 4.49 Å². The topological polar surface area (TPSA) is 92.7 Å². The summed E-state index contributed by atoms with van der Waals surface area (Å²) >= 11 is 0. The molecule has 152 valence electrons. The Morgan fingerprint density at radius 2 is 1.28 bits per heavy atom. The van der Waals surface area contributed by atoms with Crippen LogP contribution in [0.2, 0.25) is 0 Å². The van der Waals surface area contributed by atoms with Crippen molar-refractivity contribution < 1.29 is 22.4 Å². The first-order chi connectivity index (χ1) is 11.7. The van der Waals surface area contributed by atoms with E-state index < -0.39 is 17.8 Å². The van der Waals surface area contributed by atoms with Gasteiger partial charge in [-0.2, -0.15) is 0 Å². The van der Waals surface area contributed by atoms with Crippen LogP contribution in [-0.2, 0) is 19.1 Å². The summed E-state index contributed by atoms with van der Waals surface area (Å²) in [5, 5.41) is 0. The fourth-order valence-corrected chi connectivity index (χ4v) is 5.27. The molecule has 0 aliphatic carbocycles. The van der Waals surface area contributed by atoms with E-state index in [9.17, 15) is 17.9 Å². The molecule has 2 unspecified atom stereocenters. The number of nitrogens with one attached hydrogen (secondary N) is 1. The Balaban J connectivity index is 4.37. The van der Waals surface area contributed by atoms with E-state index in [1.165, 1.54) is 32.1 Å². The minimum atomic E-state index is -4.34. The Labute approximate surface area is 154 Å². The Kier molecular flexibility index (Phi) is 14.2. The molecule has 0 bridgehead atoms. The maximum atomic E-state index is 12.0. The highest BCUT2D eigenvalue weighted by Crippen LogP contribution is 2.41. The zero-order valence-corrected chi connectivity index (χ0v) is 17.9. The van der Waals surface area contributed by atoms with Crippen molar-refractivity contribution in [2.45, 2.75) is 103 Å². The van der Waals surface area contributed by atoms with E-state index in [1.54, 1.807) is 4.49 Å². The maximum Gasteiger partial charge on any atom is 0.416 e. The molecule has 0 radical (unpaired) electrons. The largest absolute Gasteiger partial charge is 0.416 e. The Bertz CT molecular complexity index is 470. The van der Waals surface area contributed by atoms with Crippen LogP contribution in [0.5, 0.6) is 0 Å². The zero-order valence-electron chi connectivity index (χ0n) is 16.2. The van der Waals surface area contributed by atoms with Crippen molar-refractivity contribution in [1.82, 2.24) is 4.49 Å². The van der Waals surface area contributed by atoms with Gasteiger partial charge in [-0.05, 0) is 12.8 Å². The summed E-state index contributed by atoms with van der Waals surface area (Å²) in [6, 6.07) is 0. The summed E-state index contributed by atoms with van der Waals surface area (Å²) in [5.41, 5.74) is 0. The third-order valence-corrected chi connectivity index (χ3v) is 6.92. The van der Waals surface area contributed by atoms with Gasteiger partial charge >= 0.3 is 7.75 Å². The van der Waals surface area contributed by atoms with Crippen molar-refractivity contribution in [3.63, 3.8) is 0 Å². The van der Waals surface area contributed by atoms with Crippen LogP contribution in [0.4, 0.5) is 0 Å². The minimum Gasteiger partial charge on any atom is -0.312 e. The van der Waals surface area contributed by atoms with Gasteiger partial charge in [0.15, 0.2) is 0 Å². The zero-order chi connectivity index (χ0) is 19.2. The van der Waals surface area contributed by atoms with Crippen molar-refractivity contribution in [2.24, 2.45) is 0 Å². The number of hydrogen-bond donors (Lipinski definition) is 2. The molecule has 25 heavy (non-hydrogen) atoms. The summed E-state index contributed by atoms with van der Waals surface area (Å²) < 4.78 is 41.4. The lowest BCUT2D eigenvalue weighted by Crippen LogP contribution is -2.23. The van der Waals surface area contributed by atoms with E-state index in [2.05, 4.69) is 13.8 Å². The average molecular weight is 400 g/mol. The van der Waals surface area contributed by atoms with E-state index >= 15 is 0 Å². The summed E-state index contributed by atoms with van der Waals surface area (Å²) in [4.78, 5) is 9.78. The molecule has 0 aliphatic heterocycles. The Morgan fingerprint density at radius 3 is 1.68 bits per heavy atom. The van der Waals surface area contributed by atoms with Crippen LogP contribution in [0.15, 0.2) is 0 Å².